The van der Waals surface area contributed by atoms with E-state index in [2.05, 4.69) is 55.5 Å². The number of aliphatic hydroxyl groups is 8. The van der Waals surface area contributed by atoms with Gasteiger partial charge in [0, 0.05) is 25.2 Å². The molecule has 0 saturated carbocycles. The van der Waals surface area contributed by atoms with Crippen LogP contribution in [0, 0.1) is 5.92 Å². The quantitative estimate of drug-likeness (QED) is 0.0232. The third-order valence-electron chi connectivity index (χ3n) is 11.8. The molecule has 2 aliphatic rings. The highest BCUT2D eigenvalue weighted by Crippen LogP contribution is 2.47. The number of phosphoric acid groups is 1. The Kier molecular flexibility index (Phi) is 33.3. The molecule has 396 valence electrons. The lowest BCUT2D eigenvalue weighted by molar-refractivity contribution is -0.213. The predicted octanol–water partition coefficient (Wildman–Crippen LogP) is 6.39. The minimum absolute atomic E-state index is 0.00240. The Labute approximate surface area is 409 Å². The van der Waals surface area contributed by atoms with Crippen molar-refractivity contribution in [2.24, 2.45) is 5.92 Å². The van der Waals surface area contributed by atoms with Crippen LogP contribution < -0.4 is 0 Å². The van der Waals surface area contributed by atoms with E-state index in [1.165, 1.54) is 6.08 Å². The van der Waals surface area contributed by atoms with Crippen LogP contribution in [-0.2, 0) is 37.4 Å². The molecule has 17 nitrogen and oxygen atoms in total. The number of hydrogen-bond acceptors (Lipinski definition) is 16. The van der Waals surface area contributed by atoms with Crippen LogP contribution >= 0.6 is 7.82 Å². The molecule has 0 aromatic heterocycles. The number of allylic oxidation sites excluding steroid dienone is 10. The Morgan fingerprint density at radius 2 is 1.42 bits per heavy atom. The lowest BCUT2D eigenvalue weighted by Gasteiger charge is -2.39. The summed E-state index contributed by atoms with van der Waals surface area (Å²) >= 11 is 0. The molecular weight excluding hydrogens is 916 g/mol. The number of ether oxygens (including phenoxy) is 3. The van der Waals surface area contributed by atoms with E-state index < -0.39 is 113 Å². The number of cyclic esters (lactones) is 1. The molecule has 0 aliphatic carbocycles. The van der Waals surface area contributed by atoms with Crippen LogP contribution in [0.5, 0.6) is 0 Å². The predicted molar refractivity (Wildman–Crippen MR) is 261 cm³/mol. The fourth-order valence-corrected chi connectivity index (χ4v) is 8.71. The van der Waals surface area contributed by atoms with Gasteiger partial charge >= 0.3 is 19.8 Å². The summed E-state index contributed by atoms with van der Waals surface area (Å²) in [5.74, 6) is -2.66. The maximum atomic E-state index is 13.6. The van der Waals surface area contributed by atoms with Crippen LogP contribution in [0.1, 0.15) is 149 Å². The summed E-state index contributed by atoms with van der Waals surface area (Å²) in [7, 11) is -5.49. The number of fused-ring (bicyclic) bond motifs is 4. The monoisotopic (exact) mass is 1000 g/mol. The van der Waals surface area contributed by atoms with Crippen molar-refractivity contribution >= 4 is 19.8 Å². The minimum atomic E-state index is -5.49. The Morgan fingerprint density at radius 3 is 2.10 bits per heavy atom. The summed E-state index contributed by atoms with van der Waals surface area (Å²) in [6, 6.07) is 0. The van der Waals surface area contributed by atoms with E-state index in [9.17, 15) is 59.9 Å². The van der Waals surface area contributed by atoms with Crippen molar-refractivity contribution in [1.29, 1.82) is 0 Å². The Hall–Kier alpha value is -2.87. The molecule has 69 heavy (non-hydrogen) atoms. The zero-order valence-electron chi connectivity index (χ0n) is 40.9. The summed E-state index contributed by atoms with van der Waals surface area (Å²) in [4.78, 5) is 36.6. The average Bonchev–Trinajstić information content (AvgIpc) is 3.31. The number of aliphatic hydroxyl groups excluding tert-OH is 8. The van der Waals surface area contributed by atoms with Gasteiger partial charge in [-0.1, -0.05) is 132 Å². The van der Waals surface area contributed by atoms with Crippen molar-refractivity contribution in [3.8, 4) is 0 Å². The van der Waals surface area contributed by atoms with Crippen LogP contribution in [0.2, 0.25) is 0 Å². The highest BCUT2D eigenvalue weighted by Gasteiger charge is 2.48. The fraction of sp³-hybridized carbons (Fsp3) is 0.725. The zero-order chi connectivity index (χ0) is 50.9. The first-order valence-electron chi connectivity index (χ1n) is 25.1. The van der Waals surface area contributed by atoms with Gasteiger partial charge in [0.15, 0.2) is 12.4 Å². The summed E-state index contributed by atoms with van der Waals surface area (Å²) in [6.07, 6.45) is 14.2. The molecule has 0 aromatic rings. The van der Waals surface area contributed by atoms with E-state index >= 15 is 0 Å². The molecule has 0 radical (unpaired) electrons. The van der Waals surface area contributed by atoms with E-state index in [4.69, 9.17) is 23.3 Å². The van der Waals surface area contributed by atoms with Crippen molar-refractivity contribution < 1.29 is 83.2 Å². The minimum Gasteiger partial charge on any atom is -0.462 e. The molecule has 18 heteroatoms. The first kappa shape index (κ1) is 62.2. The summed E-state index contributed by atoms with van der Waals surface area (Å²) < 4.78 is 40.4. The van der Waals surface area contributed by atoms with Gasteiger partial charge in [0.1, 0.15) is 43.2 Å². The summed E-state index contributed by atoms with van der Waals surface area (Å²) in [6.45, 7) is 2.66. The van der Waals surface area contributed by atoms with Crippen molar-refractivity contribution in [2.75, 3.05) is 13.2 Å². The molecule has 1 fully saturated rings. The van der Waals surface area contributed by atoms with Crippen LogP contribution in [0.3, 0.4) is 0 Å². The lowest BCUT2D eigenvalue weighted by Crippen LogP contribution is -2.58. The van der Waals surface area contributed by atoms with Crippen LogP contribution in [-0.4, -0.2) is 138 Å². The molecule has 2 bridgehead atoms. The van der Waals surface area contributed by atoms with Crippen molar-refractivity contribution in [3.63, 3.8) is 0 Å². The molecule has 2 aliphatic heterocycles. The maximum absolute atomic E-state index is 13.6. The molecule has 13 atom stereocenters. The Morgan fingerprint density at radius 1 is 0.783 bits per heavy atom. The molecule has 9 N–H and O–H groups in total. The number of carbonyl (C=O) groups is 2. The van der Waals surface area contributed by atoms with Crippen molar-refractivity contribution in [2.45, 2.75) is 216 Å². The van der Waals surface area contributed by atoms with Crippen molar-refractivity contribution in [3.05, 3.63) is 72.9 Å². The Balaban J connectivity index is 2.13. The van der Waals surface area contributed by atoms with E-state index in [1.54, 1.807) is 12.2 Å². The van der Waals surface area contributed by atoms with Gasteiger partial charge in [-0.05, 0) is 70.6 Å². The van der Waals surface area contributed by atoms with Gasteiger partial charge in [0.2, 0.25) is 0 Å². The molecule has 2 rings (SSSR count). The summed E-state index contributed by atoms with van der Waals surface area (Å²) in [5, 5.41) is 89.5. The first-order chi connectivity index (χ1) is 33.1. The molecular formula is C51H85O17P. The second-order valence-electron chi connectivity index (χ2n) is 17.8. The van der Waals surface area contributed by atoms with Gasteiger partial charge in [-0.25, -0.2) is 4.57 Å². The van der Waals surface area contributed by atoms with Gasteiger partial charge in [-0.2, -0.15) is 0 Å². The van der Waals surface area contributed by atoms with E-state index in [0.29, 0.717) is 32.1 Å². The zero-order valence-corrected chi connectivity index (χ0v) is 41.8. The fourth-order valence-electron chi connectivity index (χ4n) is 7.74. The molecule has 1 saturated heterocycles. The average molecular weight is 1000 g/mol. The molecule has 0 spiro atoms. The van der Waals surface area contributed by atoms with Gasteiger partial charge in [-0.3, -0.25) is 18.6 Å². The maximum Gasteiger partial charge on any atom is 0.472 e. The van der Waals surface area contributed by atoms with Gasteiger partial charge in [0.25, 0.3) is 0 Å². The lowest BCUT2D eigenvalue weighted by atomic mass is 9.83. The van der Waals surface area contributed by atoms with E-state index in [-0.39, 0.29) is 19.3 Å². The molecule has 0 aromatic carbocycles. The van der Waals surface area contributed by atoms with Crippen LogP contribution in [0.25, 0.3) is 0 Å². The van der Waals surface area contributed by atoms with E-state index in [0.717, 1.165) is 83.1 Å². The van der Waals surface area contributed by atoms with Crippen LogP contribution in [0.15, 0.2) is 72.9 Å². The number of unbranched alkanes of at least 4 members (excludes halogenated alkanes) is 8. The topological polar surface area (TPSA) is 279 Å². The van der Waals surface area contributed by atoms with Gasteiger partial charge in [-0.15, -0.1) is 0 Å². The third-order valence-corrected chi connectivity index (χ3v) is 12.8. The molecule has 0 amide bonds. The molecule has 2 unspecified atom stereocenters. The number of rotatable bonds is 23. The van der Waals surface area contributed by atoms with Gasteiger partial charge in [0.05, 0.1) is 24.9 Å². The highest BCUT2D eigenvalue weighted by atomic mass is 31.2. The molecule has 2 heterocycles. The largest absolute Gasteiger partial charge is 0.472 e. The first-order valence-corrected chi connectivity index (χ1v) is 26.6. The highest BCUT2D eigenvalue weighted by molar-refractivity contribution is 7.47. The standard InChI is InChI=1S/C51H85O17P/c1-3-5-7-8-9-10-11-12-13-14-15-16-17-18-19-20-21-22-28-32-44(55)66-39-36-64-43(54)31-27-24-23-26-30-40-41(53)35-45(56)67-42(34-33-38(52)29-25-6-4-2)47(58)49(60)51(50(61)48(59)46(40)57)68-69(62,63)65-37-39/h5,7,9-10,12-13,15-16,23,26,33-34,38-42,45-53,56-61H,3-4,6,8,11,14,17-22,24-25,27-32,35-37H2,1-2H3,(H,62,63)/b7-5-,10-9-,13-12-,16-15-,26-23?,34-33?/t38-,39+,40-,41-,42+,45?,46+,47+,48-,49+,50+,51+/m0/s1. The number of esters is 2. The smallest absolute Gasteiger partial charge is 0.462 e. The normalized spacial score (nSPS) is 31.5. The van der Waals surface area contributed by atoms with Crippen LogP contribution in [0.4, 0.5) is 0 Å². The summed E-state index contributed by atoms with van der Waals surface area (Å²) in [5.41, 5.74) is 0. The second kappa shape index (κ2) is 37.0. The van der Waals surface area contributed by atoms with Gasteiger partial charge < -0.3 is 60.0 Å². The van der Waals surface area contributed by atoms with Crippen molar-refractivity contribution in [1.82, 2.24) is 0 Å². The number of hydrogen-bond donors (Lipinski definition) is 9. The number of carbonyl (C=O) groups excluding carboxylic acids is 2. The third kappa shape index (κ3) is 27.5. The number of phosphoric ester groups is 1. The SMILES string of the molecule is CC/C=C\C/C=C\C/C=C\C/C=C\CCCCCCCCC(=O)O[C@@H]1COC(=O)CCCC=CC[C@@H]2[C@@H](O)[C@H](O)[C@@H](O)[C@H](OP(=O)(O)OC1)[C@H](O)[C@H](O)[C@@H](C=C[C@@H](O)CCCCC)OC(O)C[C@@H]2O. The van der Waals surface area contributed by atoms with E-state index in [1.807, 2.05) is 6.92 Å². The Bertz CT molecular complexity index is 1620. The second-order valence-corrected chi connectivity index (χ2v) is 19.2.